The van der Waals surface area contributed by atoms with Gasteiger partial charge in [0.15, 0.2) is 0 Å². The third-order valence-corrected chi connectivity index (χ3v) is 19.8. The first kappa shape index (κ1) is 26.2. The van der Waals surface area contributed by atoms with Crippen LogP contribution in [0.3, 0.4) is 0 Å². The minimum absolute atomic E-state index is 0.476. The smallest absolute Gasteiger partial charge is 0.144 e. The molecule has 2 atom stereocenters. The van der Waals surface area contributed by atoms with Crippen LogP contribution in [0.1, 0.15) is 64.2 Å². The molecule has 0 aliphatic heterocycles. The average molecular weight is 572 g/mol. The van der Waals surface area contributed by atoms with E-state index in [-0.39, 0.29) is 0 Å². The van der Waals surface area contributed by atoms with Crippen LogP contribution < -0.4 is 10.4 Å². The van der Waals surface area contributed by atoms with Crippen molar-refractivity contribution < 1.29 is 0 Å². The molecule has 2 aliphatic rings. The summed E-state index contributed by atoms with van der Waals surface area (Å²) in [6, 6.07) is 31.0. The zero-order valence-electron chi connectivity index (χ0n) is 22.1. The maximum atomic E-state index is 7.90. The van der Waals surface area contributed by atoms with Crippen LogP contribution in [-0.2, 0) is 0 Å². The Hall–Kier alpha value is -2.03. The molecule has 2 unspecified atom stereocenters. The van der Waals surface area contributed by atoms with Crippen LogP contribution >= 0.6 is 22.2 Å². The highest BCUT2D eigenvalue weighted by atomic mass is 35.6. The summed E-state index contributed by atoms with van der Waals surface area (Å²) in [5, 5.41) is 7.59. The van der Waals surface area contributed by atoms with Gasteiger partial charge in [-0.25, -0.2) is 0 Å². The molecule has 38 heavy (non-hydrogen) atoms. The van der Waals surface area contributed by atoms with E-state index in [1.807, 2.05) is 0 Å². The fourth-order valence-corrected chi connectivity index (χ4v) is 16.6. The molecule has 0 amide bonds. The highest BCUT2D eigenvalue weighted by Gasteiger charge is 2.45. The van der Waals surface area contributed by atoms with Crippen LogP contribution in [0.15, 0.2) is 84.9 Å². The Labute approximate surface area is 239 Å². The molecule has 2 saturated carbocycles. The quantitative estimate of drug-likeness (QED) is 0.130. The van der Waals surface area contributed by atoms with Crippen LogP contribution in [0.5, 0.6) is 0 Å². The summed E-state index contributed by atoms with van der Waals surface area (Å²) in [7, 11) is -5.28. The Bertz CT molecular complexity index is 1380. The van der Waals surface area contributed by atoms with E-state index >= 15 is 0 Å². The molecule has 0 radical (unpaired) electrons. The van der Waals surface area contributed by atoms with Gasteiger partial charge in [-0.1, -0.05) is 149 Å². The monoisotopic (exact) mass is 570 g/mol. The molecule has 0 saturated heterocycles. The number of benzene rings is 4. The Morgan fingerprint density at radius 2 is 0.842 bits per heavy atom. The zero-order chi connectivity index (χ0) is 26.0. The van der Waals surface area contributed by atoms with Crippen LogP contribution in [0, 0.1) is 11.1 Å². The summed E-state index contributed by atoms with van der Waals surface area (Å²) in [5.41, 5.74) is 8.78. The number of rotatable bonds is 4. The van der Waals surface area contributed by atoms with E-state index in [0.717, 1.165) is 0 Å². The Kier molecular flexibility index (Phi) is 7.74. The predicted octanol–water partition coefficient (Wildman–Crippen LogP) is 9.23. The third-order valence-electron chi connectivity index (χ3n) is 9.10. The normalized spacial score (nSPS) is 20.4. The Morgan fingerprint density at radius 3 is 1.24 bits per heavy atom. The second-order valence-electron chi connectivity index (χ2n) is 11.5. The van der Waals surface area contributed by atoms with Crippen molar-refractivity contribution in [1.82, 2.24) is 0 Å². The summed E-state index contributed by atoms with van der Waals surface area (Å²) in [6.45, 7) is 0. The second kappa shape index (κ2) is 11.2. The fourth-order valence-electron chi connectivity index (χ4n) is 6.83. The Balaban J connectivity index is 1.49. The molecule has 194 valence electrons. The average Bonchev–Trinajstić information content (AvgIpc) is 3.00. The van der Waals surface area contributed by atoms with Crippen LogP contribution in [0.2, 0.25) is 11.1 Å². The number of halogens is 2. The van der Waals surface area contributed by atoms with Gasteiger partial charge in [-0.2, -0.15) is 0 Å². The van der Waals surface area contributed by atoms with Crippen molar-refractivity contribution >= 4 is 68.8 Å². The summed E-state index contributed by atoms with van der Waals surface area (Å²) < 4.78 is 0. The lowest BCUT2D eigenvalue weighted by Crippen LogP contribution is -2.50. The summed E-state index contributed by atoms with van der Waals surface area (Å²) in [4.78, 5) is 0. The van der Waals surface area contributed by atoms with Crippen molar-refractivity contribution in [2.24, 2.45) is 0 Å². The molecule has 4 heteroatoms. The molecule has 0 heterocycles. The van der Waals surface area contributed by atoms with E-state index in [1.165, 1.54) is 96.1 Å². The van der Waals surface area contributed by atoms with Gasteiger partial charge >= 0.3 is 0 Å². The molecule has 4 aromatic rings. The van der Waals surface area contributed by atoms with Gasteiger partial charge in [0.05, 0.1) is 0 Å². The lowest BCUT2D eigenvalue weighted by atomic mass is 10.0. The van der Waals surface area contributed by atoms with E-state index in [4.69, 9.17) is 22.2 Å². The van der Waals surface area contributed by atoms with E-state index in [9.17, 15) is 0 Å². The number of hydrogen-bond donors (Lipinski definition) is 0. The predicted molar refractivity (Wildman–Crippen MR) is 172 cm³/mol. The van der Waals surface area contributed by atoms with Gasteiger partial charge in [0, 0.05) is 0 Å². The van der Waals surface area contributed by atoms with Crippen molar-refractivity contribution in [3.05, 3.63) is 84.9 Å². The zero-order valence-corrected chi connectivity index (χ0v) is 25.6. The number of fused-ring (bicyclic) bond motifs is 2. The molecular formula is C34H36Cl2Si2. The second-order valence-corrected chi connectivity index (χ2v) is 21.2. The van der Waals surface area contributed by atoms with Crippen molar-refractivity contribution in [1.29, 1.82) is 0 Å². The fraction of sp³-hybridized carbons (Fsp3) is 0.353. The first-order chi connectivity index (χ1) is 18.6. The van der Waals surface area contributed by atoms with Gasteiger partial charge in [-0.3, -0.25) is 0 Å². The highest BCUT2D eigenvalue weighted by Crippen LogP contribution is 2.41. The molecule has 0 nitrogen and oxygen atoms in total. The van der Waals surface area contributed by atoms with Crippen LogP contribution in [-0.4, -0.2) is 14.8 Å². The molecular weight excluding hydrogens is 535 g/mol. The van der Waals surface area contributed by atoms with Gasteiger partial charge in [0.25, 0.3) is 14.8 Å². The van der Waals surface area contributed by atoms with Crippen molar-refractivity contribution in [2.75, 3.05) is 0 Å². The lowest BCUT2D eigenvalue weighted by molar-refractivity contribution is 0.498. The van der Waals surface area contributed by atoms with Crippen molar-refractivity contribution in [3.8, 4) is 11.1 Å². The minimum Gasteiger partial charge on any atom is -0.144 e. The van der Waals surface area contributed by atoms with E-state index < -0.39 is 14.8 Å². The molecule has 2 fully saturated rings. The highest BCUT2D eigenvalue weighted by molar-refractivity contribution is 7.35. The molecule has 4 aromatic carbocycles. The minimum atomic E-state index is -2.64. The van der Waals surface area contributed by atoms with E-state index in [2.05, 4.69) is 96.0 Å². The molecule has 0 N–H and O–H groups in total. The molecule has 0 aromatic heterocycles. The number of hydrogen-bond acceptors (Lipinski definition) is 0. The van der Waals surface area contributed by atoms with Gasteiger partial charge in [0.1, 0.15) is 0 Å². The van der Waals surface area contributed by atoms with Gasteiger partial charge in [0.2, 0.25) is 0 Å². The first-order valence-electron chi connectivity index (χ1n) is 14.5. The Morgan fingerprint density at radius 1 is 0.474 bits per heavy atom. The summed E-state index contributed by atoms with van der Waals surface area (Å²) >= 11 is 15.8. The van der Waals surface area contributed by atoms with Crippen molar-refractivity contribution in [3.63, 3.8) is 0 Å². The SMILES string of the molecule is Cl[Si](C#C[Si](Cl)(c1ccc2ccccc2c1)C1CCCCC1)(c1ccc2ccccc2c1)C1CCCCC1. The van der Waals surface area contributed by atoms with Gasteiger partial charge < -0.3 is 0 Å². The lowest BCUT2D eigenvalue weighted by Gasteiger charge is -2.35. The van der Waals surface area contributed by atoms with Gasteiger partial charge in [-0.15, -0.1) is 33.2 Å². The maximum Gasteiger partial charge on any atom is 0.265 e. The van der Waals surface area contributed by atoms with E-state index in [1.54, 1.807) is 0 Å². The first-order valence-corrected chi connectivity index (χ1v) is 20.6. The van der Waals surface area contributed by atoms with Crippen molar-refractivity contribution in [2.45, 2.75) is 75.3 Å². The molecule has 0 bridgehead atoms. The standard InChI is InChI=1S/C34H36Cl2Si2/c35-37(31-15-3-1-4-16-31,33-21-19-27-11-7-9-13-29(27)25-33)23-24-38(36,32-17-5-2-6-18-32)34-22-20-28-12-8-10-14-30(28)26-34/h7-14,19-22,25-26,31-32H,1-6,15-18H2. The largest absolute Gasteiger partial charge is 0.265 e. The van der Waals surface area contributed by atoms with Gasteiger partial charge in [-0.05, 0) is 43.0 Å². The van der Waals surface area contributed by atoms with E-state index in [0.29, 0.717) is 11.1 Å². The van der Waals surface area contributed by atoms with Crippen LogP contribution in [0.4, 0.5) is 0 Å². The third kappa shape index (κ3) is 5.12. The maximum absolute atomic E-state index is 7.90. The molecule has 0 spiro atoms. The summed E-state index contributed by atoms with van der Waals surface area (Å²) in [5.74, 6) is 0. The molecule has 6 rings (SSSR count). The summed E-state index contributed by atoms with van der Waals surface area (Å²) in [6.07, 6.45) is 12.4. The molecule has 2 aliphatic carbocycles. The van der Waals surface area contributed by atoms with Crippen LogP contribution in [0.25, 0.3) is 21.5 Å². The topological polar surface area (TPSA) is 0 Å².